The first kappa shape index (κ1) is 19.5. The number of hydrogen-bond acceptors (Lipinski definition) is 5. The van der Waals surface area contributed by atoms with Crippen LogP contribution in [0.1, 0.15) is 28.4 Å². The number of methoxy groups -OCH3 is 1. The smallest absolute Gasteiger partial charge is 0.150 e. The molecule has 134 valence electrons. The minimum Gasteiger partial charge on any atom is -0.491 e. The van der Waals surface area contributed by atoms with Crippen LogP contribution >= 0.6 is 11.8 Å². The van der Waals surface area contributed by atoms with Crippen molar-refractivity contribution in [1.29, 1.82) is 0 Å². The Balaban J connectivity index is 2.06. The lowest BCUT2D eigenvalue weighted by Gasteiger charge is -2.13. The number of aldehydes is 1. The average molecular weight is 360 g/mol. The van der Waals surface area contributed by atoms with Gasteiger partial charge in [-0.3, -0.25) is 4.79 Å². The lowest BCUT2D eigenvalue weighted by Crippen LogP contribution is -2.09. The molecule has 0 bridgehead atoms. The maximum absolute atomic E-state index is 11.1. The summed E-state index contributed by atoms with van der Waals surface area (Å²) in [5, 5.41) is 0. The molecular weight excluding hydrogens is 336 g/mol. The molecule has 2 rings (SSSR count). The van der Waals surface area contributed by atoms with E-state index in [4.69, 9.17) is 14.2 Å². The summed E-state index contributed by atoms with van der Waals surface area (Å²) in [6.07, 6.45) is 1.57. The minimum absolute atomic E-state index is 0.252. The number of carbonyl (C=O) groups is 1. The van der Waals surface area contributed by atoms with E-state index in [-0.39, 0.29) is 6.79 Å². The summed E-state index contributed by atoms with van der Waals surface area (Å²) < 4.78 is 15.9. The van der Waals surface area contributed by atoms with Crippen LogP contribution in [0.2, 0.25) is 0 Å². The largest absolute Gasteiger partial charge is 0.491 e. The molecule has 0 aliphatic carbocycles. The Bertz CT molecular complexity index is 655. The van der Waals surface area contributed by atoms with E-state index in [1.165, 1.54) is 10.5 Å². The first-order valence-electron chi connectivity index (χ1n) is 8.26. The SMILES string of the molecule is CCSc1ccc(Cc2cc(C=O)ccc2OCCOCOC)cc1. The van der Waals surface area contributed by atoms with Crippen LogP contribution in [0.15, 0.2) is 47.4 Å². The molecule has 25 heavy (non-hydrogen) atoms. The molecule has 0 fully saturated rings. The van der Waals surface area contributed by atoms with E-state index in [1.807, 2.05) is 23.9 Å². The van der Waals surface area contributed by atoms with Gasteiger partial charge in [0.15, 0.2) is 0 Å². The van der Waals surface area contributed by atoms with Gasteiger partial charge in [0.25, 0.3) is 0 Å². The highest BCUT2D eigenvalue weighted by Crippen LogP contribution is 2.24. The summed E-state index contributed by atoms with van der Waals surface area (Å²) >= 11 is 1.82. The lowest BCUT2D eigenvalue weighted by atomic mass is 10.0. The molecule has 2 aromatic rings. The van der Waals surface area contributed by atoms with Gasteiger partial charge in [0.05, 0.1) is 6.61 Å². The van der Waals surface area contributed by atoms with Gasteiger partial charge in [0, 0.05) is 24.0 Å². The van der Waals surface area contributed by atoms with Gasteiger partial charge in [-0.15, -0.1) is 11.8 Å². The molecule has 0 aromatic heterocycles. The zero-order valence-electron chi connectivity index (χ0n) is 14.7. The van der Waals surface area contributed by atoms with Gasteiger partial charge in [-0.05, 0) is 47.2 Å². The number of benzene rings is 2. The molecule has 0 amide bonds. The first-order chi connectivity index (χ1) is 12.3. The summed E-state index contributed by atoms with van der Waals surface area (Å²) in [5.74, 6) is 1.84. The van der Waals surface area contributed by atoms with Crippen LogP contribution in [-0.4, -0.2) is 39.2 Å². The molecule has 0 aliphatic heterocycles. The van der Waals surface area contributed by atoms with Crippen molar-refractivity contribution in [3.05, 3.63) is 59.2 Å². The topological polar surface area (TPSA) is 44.8 Å². The molecule has 0 saturated heterocycles. The van der Waals surface area contributed by atoms with Gasteiger partial charge >= 0.3 is 0 Å². The normalized spacial score (nSPS) is 10.6. The number of ether oxygens (including phenoxy) is 3. The minimum atomic E-state index is 0.252. The molecule has 0 heterocycles. The predicted molar refractivity (Wildman–Crippen MR) is 101 cm³/mol. The molecule has 0 unspecified atom stereocenters. The van der Waals surface area contributed by atoms with Gasteiger partial charge in [0.1, 0.15) is 25.4 Å². The maximum Gasteiger partial charge on any atom is 0.150 e. The number of carbonyl (C=O) groups excluding carboxylic acids is 1. The quantitative estimate of drug-likeness (QED) is 0.260. The summed E-state index contributed by atoms with van der Waals surface area (Å²) in [7, 11) is 1.58. The van der Waals surface area contributed by atoms with E-state index in [0.29, 0.717) is 25.2 Å². The number of thioether (sulfide) groups is 1. The van der Waals surface area contributed by atoms with Gasteiger partial charge in [-0.2, -0.15) is 0 Å². The summed E-state index contributed by atoms with van der Waals surface area (Å²) in [6, 6.07) is 14.0. The highest BCUT2D eigenvalue weighted by molar-refractivity contribution is 7.99. The highest BCUT2D eigenvalue weighted by Gasteiger charge is 2.07. The Morgan fingerprint density at radius 3 is 2.56 bits per heavy atom. The monoisotopic (exact) mass is 360 g/mol. The van der Waals surface area contributed by atoms with E-state index in [9.17, 15) is 4.79 Å². The molecule has 0 saturated carbocycles. The standard InChI is InChI=1S/C20H24O4S/c1-3-25-19-7-4-16(5-8-19)12-18-13-17(14-21)6-9-20(18)24-11-10-23-15-22-2/h4-9,13-14H,3,10-12,15H2,1-2H3. The zero-order valence-corrected chi connectivity index (χ0v) is 15.5. The van der Waals surface area contributed by atoms with Crippen LogP contribution < -0.4 is 4.74 Å². The van der Waals surface area contributed by atoms with Crippen LogP contribution in [0.25, 0.3) is 0 Å². The Morgan fingerprint density at radius 2 is 1.88 bits per heavy atom. The van der Waals surface area contributed by atoms with Gasteiger partial charge in [-0.1, -0.05) is 19.1 Å². The molecular formula is C20H24O4S. The van der Waals surface area contributed by atoms with Crippen molar-refractivity contribution in [1.82, 2.24) is 0 Å². The van der Waals surface area contributed by atoms with E-state index in [1.54, 1.807) is 13.2 Å². The highest BCUT2D eigenvalue weighted by atomic mass is 32.2. The third-order valence-corrected chi connectivity index (χ3v) is 4.43. The van der Waals surface area contributed by atoms with Crippen LogP contribution in [0.3, 0.4) is 0 Å². The van der Waals surface area contributed by atoms with Crippen molar-refractivity contribution in [2.24, 2.45) is 0 Å². The molecule has 4 nitrogen and oxygen atoms in total. The van der Waals surface area contributed by atoms with Crippen molar-refractivity contribution in [3.8, 4) is 5.75 Å². The second-order valence-electron chi connectivity index (χ2n) is 5.40. The van der Waals surface area contributed by atoms with E-state index >= 15 is 0 Å². The fraction of sp³-hybridized carbons (Fsp3) is 0.350. The third kappa shape index (κ3) is 6.53. The van der Waals surface area contributed by atoms with E-state index < -0.39 is 0 Å². The van der Waals surface area contributed by atoms with Crippen molar-refractivity contribution in [2.75, 3.05) is 32.9 Å². The third-order valence-electron chi connectivity index (χ3n) is 3.54. The van der Waals surface area contributed by atoms with Crippen molar-refractivity contribution < 1.29 is 19.0 Å². The Hall–Kier alpha value is -1.82. The van der Waals surface area contributed by atoms with Crippen molar-refractivity contribution in [2.45, 2.75) is 18.2 Å². The van der Waals surface area contributed by atoms with E-state index in [0.717, 1.165) is 23.4 Å². The molecule has 0 N–H and O–H groups in total. The zero-order chi connectivity index (χ0) is 17.9. The molecule has 0 spiro atoms. The Morgan fingerprint density at radius 1 is 1.08 bits per heavy atom. The Kier molecular flexibility index (Phi) is 8.52. The summed E-state index contributed by atoms with van der Waals surface area (Å²) in [6.45, 7) is 3.28. The molecule has 2 aromatic carbocycles. The number of rotatable bonds is 11. The molecule has 5 heteroatoms. The van der Waals surface area contributed by atoms with Gasteiger partial charge < -0.3 is 14.2 Å². The van der Waals surface area contributed by atoms with Crippen LogP contribution in [-0.2, 0) is 15.9 Å². The van der Waals surface area contributed by atoms with Gasteiger partial charge in [0.2, 0.25) is 0 Å². The van der Waals surface area contributed by atoms with Crippen molar-refractivity contribution >= 4 is 18.0 Å². The molecule has 0 atom stereocenters. The van der Waals surface area contributed by atoms with Gasteiger partial charge in [-0.25, -0.2) is 0 Å². The fourth-order valence-electron chi connectivity index (χ4n) is 2.39. The van der Waals surface area contributed by atoms with Crippen LogP contribution in [0, 0.1) is 0 Å². The predicted octanol–water partition coefficient (Wildman–Crippen LogP) is 4.20. The Labute approximate surface area is 153 Å². The van der Waals surface area contributed by atoms with Crippen molar-refractivity contribution in [3.63, 3.8) is 0 Å². The number of hydrogen-bond donors (Lipinski definition) is 0. The fourth-order valence-corrected chi connectivity index (χ4v) is 3.06. The molecule has 0 aliphatic rings. The summed E-state index contributed by atoms with van der Waals surface area (Å²) in [5.41, 5.74) is 2.83. The van der Waals surface area contributed by atoms with Crippen LogP contribution in [0.5, 0.6) is 5.75 Å². The second-order valence-corrected chi connectivity index (χ2v) is 6.74. The summed E-state index contributed by atoms with van der Waals surface area (Å²) in [4.78, 5) is 12.4. The first-order valence-corrected chi connectivity index (χ1v) is 9.24. The average Bonchev–Trinajstić information content (AvgIpc) is 2.64. The van der Waals surface area contributed by atoms with Crippen LogP contribution in [0.4, 0.5) is 0 Å². The maximum atomic E-state index is 11.1. The molecule has 0 radical (unpaired) electrons. The lowest BCUT2D eigenvalue weighted by molar-refractivity contribution is -0.0388. The second kappa shape index (κ2) is 10.9. The van der Waals surface area contributed by atoms with E-state index in [2.05, 4.69) is 31.2 Å².